The van der Waals surface area contributed by atoms with Crippen LogP contribution in [-0.4, -0.2) is 38.4 Å². The Hall–Kier alpha value is -4.27. The molecule has 2 aromatic heterocycles. The van der Waals surface area contributed by atoms with Crippen LogP contribution in [-0.2, 0) is 4.74 Å². The predicted molar refractivity (Wildman–Crippen MR) is 105 cm³/mol. The zero-order chi connectivity index (χ0) is 20.4. The number of hydrogen-bond acceptors (Lipinski definition) is 6. The minimum Gasteiger partial charge on any atom is -0.465 e. The Bertz CT molecular complexity index is 1280. The fraction of sp³-hybridized carbons (Fsp3) is 0.0500. The van der Waals surface area contributed by atoms with Gasteiger partial charge in [0.25, 0.3) is 11.5 Å². The predicted octanol–water partition coefficient (Wildman–Crippen LogP) is 1.75. The van der Waals surface area contributed by atoms with Gasteiger partial charge < -0.3 is 4.74 Å². The topological polar surface area (TPSA) is 108 Å². The van der Waals surface area contributed by atoms with E-state index < -0.39 is 17.4 Å². The van der Waals surface area contributed by atoms with Crippen molar-refractivity contribution in [2.45, 2.75) is 0 Å². The number of ether oxygens (including phenoxy) is 1. The molecular weight excluding hydrogens is 374 g/mol. The van der Waals surface area contributed by atoms with Gasteiger partial charge in [0, 0.05) is 0 Å². The van der Waals surface area contributed by atoms with Crippen LogP contribution in [0.5, 0.6) is 0 Å². The normalized spacial score (nSPS) is 10.7. The first-order valence-corrected chi connectivity index (χ1v) is 8.59. The molecule has 2 aromatic carbocycles. The van der Waals surface area contributed by atoms with Gasteiger partial charge in [0.2, 0.25) is 0 Å². The average Bonchev–Trinajstić information content (AvgIpc) is 3.20. The van der Waals surface area contributed by atoms with Crippen LogP contribution in [0.2, 0.25) is 0 Å². The summed E-state index contributed by atoms with van der Waals surface area (Å²) in [5.41, 5.74) is 3.23. The molecule has 0 fully saturated rings. The van der Waals surface area contributed by atoms with Gasteiger partial charge in [-0.1, -0.05) is 30.3 Å². The Morgan fingerprint density at radius 1 is 1.00 bits per heavy atom. The number of carbonyl (C=O) groups is 2. The number of rotatable bonds is 4. The average molecular weight is 389 g/mol. The molecule has 0 spiro atoms. The highest BCUT2D eigenvalue weighted by atomic mass is 16.5. The third-order valence-electron chi connectivity index (χ3n) is 4.29. The lowest BCUT2D eigenvalue weighted by molar-refractivity contribution is 0.0597. The Labute approximate surface area is 164 Å². The molecule has 0 radical (unpaired) electrons. The number of esters is 1. The van der Waals surface area contributed by atoms with Gasteiger partial charge in [-0.3, -0.25) is 15.0 Å². The number of hydrogen-bond donors (Lipinski definition) is 1. The molecule has 4 rings (SSSR count). The van der Waals surface area contributed by atoms with Crippen molar-refractivity contribution in [1.29, 1.82) is 0 Å². The van der Waals surface area contributed by atoms with Crippen LogP contribution >= 0.6 is 0 Å². The number of carbonyl (C=O) groups excluding carboxylic acids is 2. The van der Waals surface area contributed by atoms with Crippen molar-refractivity contribution in [3.05, 3.63) is 88.6 Å². The van der Waals surface area contributed by atoms with E-state index >= 15 is 0 Å². The first-order valence-electron chi connectivity index (χ1n) is 8.59. The summed E-state index contributed by atoms with van der Waals surface area (Å²) in [6.07, 6.45) is 2.59. The number of methoxy groups -OCH3 is 1. The SMILES string of the molecule is COC(=O)c1ccccc1C(=O)Nn1cnc2c(cnn2-c2ccccc2)c1=O. The number of nitrogens with zero attached hydrogens (tertiary/aromatic N) is 4. The molecule has 29 heavy (non-hydrogen) atoms. The maximum atomic E-state index is 12.8. The molecule has 0 saturated heterocycles. The highest BCUT2D eigenvalue weighted by molar-refractivity contribution is 6.08. The zero-order valence-corrected chi connectivity index (χ0v) is 15.3. The van der Waals surface area contributed by atoms with Crippen molar-refractivity contribution >= 4 is 22.9 Å². The van der Waals surface area contributed by atoms with Gasteiger partial charge in [-0.15, -0.1) is 0 Å². The third kappa shape index (κ3) is 3.25. The highest BCUT2D eigenvalue weighted by Gasteiger charge is 2.18. The second-order valence-electron chi connectivity index (χ2n) is 6.03. The number of para-hydroxylation sites is 1. The molecule has 4 aromatic rings. The van der Waals surface area contributed by atoms with E-state index in [1.807, 2.05) is 30.3 Å². The van der Waals surface area contributed by atoms with E-state index in [1.165, 1.54) is 36.4 Å². The van der Waals surface area contributed by atoms with E-state index in [-0.39, 0.29) is 16.5 Å². The summed E-state index contributed by atoms with van der Waals surface area (Å²) >= 11 is 0. The van der Waals surface area contributed by atoms with E-state index in [4.69, 9.17) is 4.74 Å². The van der Waals surface area contributed by atoms with Gasteiger partial charge >= 0.3 is 5.97 Å². The molecule has 2 heterocycles. The summed E-state index contributed by atoms with van der Waals surface area (Å²) in [6, 6.07) is 15.4. The van der Waals surface area contributed by atoms with Crippen molar-refractivity contribution < 1.29 is 14.3 Å². The van der Waals surface area contributed by atoms with Gasteiger partial charge in [-0.2, -0.15) is 5.10 Å². The smallest absolute Gasteiger partial charge is 0.338 e. The lowest BCUT2D eigenvalue weighted by Gasteiger charge is -2.10. The number of nitrogens with one attached hydrogen (secondary N) is 1. The molecule has 0 unspecified atom stereocenters. The van der Waals surface area contributed by atoms with Crippen molar-refractivity contribution in [1.82, 2.24) is 19.4 Å². The van der Waals surface area contributed by atoms with Gasteiger partial charge in [-0.05, 0) is 24.3 Å². The molecular formula is C20H15N5O4. The minimum atomic E-state index is -0.652. The number of aromatic nitrogens is 4. The van der Waals surface area contributed by atoms with Gasteiger partial charge in [0.1, 0.15) is 11.7 Å². The number of benzene rings is 2. The van der Waals surface area contributed by atoms with E-state index in [9.17, 15) is 14.4 Å². The van der Waals surface area contributed by atoms with Crippen LogP contribution in [0.3, 0.4) is 0 Å². The van der Waals surface area contributed by atoms with E-state index in [2.05, 4.69) is 15.5 Å². The first-order chi connectivity index (χ1) is 14.1. The second kappa shape index (κ2) is 7.39. The van der Waals surface area contributed by atoms with Crippen molar-refractivity contribution in [2.24, 2.45) is 0 Å². The summed E-state index contributed by atoms with van der Waals surface area (Å²) in [5, 5.41) is 4.45. The summed E-state index contributed by atoms with van der Waals surface area (Å²) in [4.78, 5) is 41.6. The molecule has 0 bridgehead atoms. The standard InChI is InChI=1S/C20H15N5O4/c1-29-20(28)15-10-6-5-9-14(15)18(26)23-24-12-21-17-16(19(24)27)11-22-25(17)13-7-3-2-4-8-13/h2-12H,1H3,(H,23,26). The third-order valence-corrected chi connectivity index (χ3v) is 4.29. The van der Waals surface area contributed by atoms with Crippen LogP contribution in [0, 0.1) is 0 Å². The molecule has 9 heteroatoms. The molecule has 0 aliphatic rings. The number of fused-ring (bicyclic) bond motifs is 1. The van der Waals surface area contributed by atoms with Gasteiger partial charge in [0.15, 0.2) is 5.65 Å². The fourth-order valence-electron chi connectivity index (χ4n) is 2.89. The second-order valence-corrected chi connectivity index (χ2v) is 6.03. The van der Waals surface area contributed by atoms with E-state index in [0.717, 1.165) is 10.4 Å². The Balaban J connectivity index is 1.70. The van der Waals surface area contributed by atoms with Crippen molar-refractivity contribution in [2.75, 3.05) is 12.5 Å². The van der Waals surface area contributed by atoms with Gasteiger partial charge in [-0.25, -0.2) is 19.1 Å². The molecule has 0 saturated carbocycles. The van der Waals surface area contributed by atoms with Crippen molar-refractivity contribution in [3.63, 3.8) is 0 Å². The largest absolute Gasteiger partial charge is 0.465 e. The molecule has 0 atom stereocenters. The molecule has 1 amide bonds. The van der Waals surface area contributed by atoms with Crippen LogP contribution < -0.4 is 11.0 Å². The fourth-order valence-corrected chi connectivity index (χ4v) is 2.89. The van der Waals surface area contributed by atoms with Crippen LogP contribution in [0.15, 0.2) is 71.9 Å². The monoisotopic (exact) mass is 389 g/mol. The maximum Gasteiger partial charge on any atom is 0.338 e. The van der Waals surface area contributed by atoms with Crippen LogP contribution in [0.4, 0.5) is 0 Å². The summed E-state index contributed by atoms with van der Waals surface area (Å²) in [6.45, 7) is 0. The number of amides is 1. The first kappa shape index (κ1) is 18.1. The highest BCUT2D eigenvalue weighted by Crippen LogP contribution is 2.13. The lowest BCUT2D eigenvalue weighted by atomic mass is 10.1. The molecule has 9 nitrogen and oxygen atoms in total. The maximum absolute atomic E-state index is 12.8. The zero-order valence-electron chi connectivity index (χ0n) is 15.3. The Kier molecular flexibility index (Phi) is 4.62. The van der Waals surface area contributed by atoms with E-state index in [0.29, 0.717) is 5.65 Å². The quantitative estimate of drug-likeness (QED) is 0.533. The van der Waals surface area contributed by atoms with Gasteiger partial charge in [0.05, 0.1) is 30.1 Å². The lowest BCUT2D eigenvalue weighted by Crippen LogP contribution is -2.34. The Morgan fingerprint density at radius 3 is 2.41 bits per heavy atom. The van der Waals surface area contributed by atoms with Crippen molar-refractivity contribution in [3.8, 4) is 5.69 Å². The summed E-state index contributed by atoms with van der Waals surface area (Å²) in [5.74, 6) is -1.30. The molecule has 144 valence electrons. The minimum absolute atomic E-state index is 0.0753. The Morgan fingerprint density at radius 2 is 1.69 bits per heavy atom. The summed E-state index contributed by atoms with van der Waals surface area (Å²) < 4.78 is 7.18. The summed E-state index contributed by atoms with van der Waals surface area (Å²) in [7, 11) is 1.23. The van der Waals surface area contributed by atoms with Crippen LogP contribution in [0.25, 0.3) is 16.7 Å². The molecule has 0 aliphatic carbocycles. The van der Waals surface area contributed by atoms with Crippen LogP contribution in [0.1, 0.15) is 20.7 Å². The molecule has 1 N–H and O–H groups in total. The molecule has 0 aliphatic heterocycles. The van der Waals surface area contributed by atoms with E-state index in [1.54, 1.807) is 12.1 Å².